The Morgan fingerprint density at radius 1 is 1.60 bits per heavy atom. The van der Waals surface area contributed by atoms with Gasteiger partial charge < -0.3 is 10.4 Å². The van der Waals surface area contributed by atoms with Crippen LogP contribution in [0.2, 0.25) is 0 Å². The maximum Gasteiger partial charge on any atom is 0.0924 e. The number of nitrogens with one attached hydrogen (secondary N) is 1. The van der Waals surface area contributed by atoms with E-state index in [-0.39, 0.29) is 18.6 Å². The molecule has 0 aromatic rings. The van der Waals surface area contributed by atoms with E-state index < -0.39 is 0 Å². The fourth-order valence-electron chi connectivity index (χ4n) is 0.488. The van der Waals surface area contributed by atoms with Gasteiger partial charge in [0.2, 0.25) is 0 Å². The molecule has 0 bridgehead atoms. The van der Waals surface area contributed by atoms with Crippen molar-refractivity contribution in [2.24, 2.45) is 5.92 Å². The van der Waals surface area contributed by atoms with Crippen molar-refractivity contribution in [1.82, 2.24) is 5.32 Å². The van der Waals surface area contributed by atoms with E-state index in [0.717, 1.165) is 0 Å². The third-order valence-corrected chi connectivity index (χ3v) is 1.28. The molecule has 0 saturated heterocycles. The minimum atomic E-state index is -0.117. The molecule has 0 fully saturated rings. The maximum absolute atomic E-state index is 8.60. The average Bonchev–Trinajstić information content (AvgIpc) is 1.99. The zero-order valence-electron chi connectivity index (χ0n) is 6.46. The van der Waals surface area contributed by atoms with Crippen molar-refractivity contribution < 1.29 is 5.11 Å². The highest BCUT2D eigenvalue weighted by Gasteiger charge is 2.01. The van der Waals surface area contributed by atoms with Gasteiger partial charge >= 0.3 is 0 Å². The molecule has 58 valence electrons. The monoisotopic (exact) mass is 142 g/mol. The molecule has 2 N–H and O–H groups in total. The molecule has 0 amide bonds. The molecule has 0 radical (unpaired) electrons. The molecule has 0 rings (SSSR count). The first kappa shape index (κ1) is 9.41. The molecule has 0 spiro atoms. The highest BCUT2D eigenvalue weighted by molar-refractivity contribution is 4.85. The predicted molar refractivity (Wildman–Crippen MR) is 39.3 cm³/mol. The van der Waals surface area contributed by atoms with Crippen molar-refractivity contribution in [3.63, 3.8) is 0 Å². The van der Waals surface area contributed by atoms with E-state index in [0.29, 0.717) is 6.54 Å². The summed E-state index contributed by atoms with van der Waals surface area (Å²) in [7, 11) is 0. The first-order chi connectivity index (χ1) is 4.70. The highest BCUT2D eigenvalue weighted by atomic mass is 16.3. The average molecular weight is 142 g/mol. The molecular formula is C7H14N2O. The van der Waals surface area contributed by atoms with Crippen molar-refractivity contribution in [1.29, 1.82) is 5.26 Å². The van der Waals surface area contributed by atoms with Crippen molar-refractivity contribution in [3.8, 4) is 6.07 Å². The van der Waals surface area contributed by atoms with Gasteiger partial charge in [-0.2, -0.15) is 5.26 Å². The number of aliphatic hydroxyl groups excluding tert-OH is 1. The third-order valence-electron chi connectivity index (χ3n) is 1.28. The van der Waals surface area contributed by atoms with Gasteiger partial charge in [0.25, 0.3) is 0 Å². The fraction of sp³-hybridized carbons (Fsp3) is 0.857. The van der Waals surface area contributed by atoms with Crippen LogP contribution in [0.4, 0.5) is 0 Å². The molecule has 3 heteroatoms. The zero-order chi connectivity index (χ0) is 7.98. The van der Waals surface area contributed by atoms with Crippen LogP contribution >= 0.6 is 0 Å². The van der Waals surface area contributed by atoms with Crippen molar-refractivity contribution in [2.75, 3.05) is 13.2 Å². The minimum absolute atomic E-state index is 0.117. The standard InChI is InChI=1S/C7H14N2O/c1-6(5-10)4-9-7(2)3-8/h6-7,9-10H,4-5H2,1-2H3. The summed E-state index contributed by atoms with van der Waals surface area (Å²) in [5.41, 5.74) is 0. The van der Waals surface area contributed by atoms with Gasteiger partial charge in [0.05, 0.1) is 12.1 Å². The largest absolute Gasteiger partial charge is 0.396 e. The van der Waals surface area contributed by atoms with E-state index >= 15 is 0 Å². The van der Waals surface area contributed by atoms with Gasteiger partial charge in [0.1, 0.15) is 0 Å². The van der Waals surface area contributed by atoms with E-state index in [1.165, 1.54) is 0 Å². The van der Waals surface area contributed by atoms with Crippen LogP contribution in [-0.2, 0) is 0 Å². The molecule has 0 heterocycles. The first-order valence-corrected chi connectivity index (χ1v) is 3.44. The fourth-order valence-corrected chi connectivity index (χ4v) is 0.488. The van der Waals surface area contributed by atoms with E-state index in [9.17, 15) is 0 Å². The van der Waals surface area contributed by atoms with Crippen molar-refractivity contribution in [3.05, 3.63) is 0 Å². The summed E-state index contributed by atoms with van der Waals surface area (Å²) >= 11 is 0. The summed E-state index contributed by atoms with van der Waals surface area (Å²) in [5.74, 6) is 0.232. The number of rotatable bonds is 4. The Labute approximate surface area is 61.7 Å². The second kappa shape index (κ2) is 5.21. The summed E-state index contributed by atoms with van der Waals surface area (Å²) in [6.45, 7) is 4.59. The lowest BCUT2D eigenvalue weighted by atomic mass is 10.2. The molecule has 0 aromatic carbocycles. The molecule has 0 aliphatic heterocycles. The zero-order valence-corrected chi connectivity index (χ0v) is 6.46. The lowest BCUT2D eigenvalue weighted by Gasteiger charge is -2.09. The molecule has 2 atom stereocenters. The number of nitriles is 1. The van der Waals surface area contributed by atoms with Gasteiger partial charge in [-0.3, -0.25) is 0 Å². The number of nitrogens with zero attached hydrogens (tertiary/aromatic N) is 1. The second-order valence-corrected chi connectivity index (χ2v) is 2.55. The lowest BCUT2D eigenvalue weighted by molar-refractivity contribution is 0.233. The quantitative estimate of drug-likeness (QED) is 0.586. The normalized spacial score (nSPS) is 15.8. The minimum Gasteiger partial charge on any atom is -0.396 e. The Kier molecular flexibility index (Phi) is 4.91. The molecule has 0 aliphatic rings. The predicted octanol–water partition coefficient (Wildman–Crippen LogP) is 0.116. The lowest BCUT2D eigenvalue weighted by Crippen LogP contribution is -2.30. The molecule has 0 aromatic heterocycles. The van der Waals surface area contributed by atoms with Crippen LogP contribution < -0.4 is 5.32 Å². The van der Waals surface area contributed by atoms with E-state index in [1.807, 2.05) is 6.92 Å². The van der Waals surface area contributed by atoms with Gasteiger partial charge in [-0.05, 0) is 12.8 Å². The van der Waals surface area contributed by atoms with Gasteiger partial charge in [0.15, 0.2) is 0 Å². The van der Waals surface area contributed by atoms with Crippen LogP contribution in [-0.4, -0.2) is 24.3 Å². The topological polar surface area (TPSA) is 56.0 Å². The first-order valence-electron chi connectivity index (χ1n) is 3.44. The van der Waals surface area contributed by atoms with Crippen LogP contribution in [0.15, 0.2) is 0 Å². The van der Waals surface area contributed by atoms with Crippen molar-refractivity contribution in [2.45, 2.75) is 19.9 Å². The summed E-state index contributed by atoms with van der Waals surface area (Å²) < 4.78 is 0. The van der Waals surface area contributed by atoms with Crippen LogP contribution in [0.25, 0.3) is 0 Å². The van der Waals surface area contributed by atoms with Crippen molar-refractivity contribution >= 4 is 0 Å². The summed E-state index contributed by atoms with van der Waals surface area (Å²) in [5, 5.41) is 19.9. The molecule has 3 nitrogen and oxygen atoms in total. The Balaban J connectivity index is 3.28. The Morgan fingerprint density at radius 2 is 2.20 bits per heavy atom. The SMILES string of the molecule is CC(CO)CNC(C)C#N. The second-order valence-electron chi connectivity index (χ2n) is 2.55. The van der Waals surface area contributed by atoms with Gasteiger partial charge in [-0.1, -0.05) is 6.92 Å². The Bertz CT molecular complexity index is 119. The Morgan fingerprint density at radius 3 is 2.60 bits per heavy atom. The van der Waals surface area contributed by atoms with Gasteiger partial charge in [-0.25, -0.2) is 0 Å². The molecule has 0 saturated carbocycles. The molecule has 10 heavy (non-hydrogen) atoms. The number of aliphatic hydroxyl groups is 1. The van der Waals surface area contributed by atoms with E-state index in [4.69, 9.17) is 10.4 Å². The number of hydrogen-bond donors (Lipinski definition) is 2. The van der Waals surface area contributed by atoms with Crippen LogP contribution in [0, 0.1) is 17.2 Å². The third kappa shape index (κ3) is 4.30. The van der Waals surface area contributed by atoms with Gasteiger partial charge in [-0.15, -0.1) is 0 Å². The summed E-state index contributed by atoms with van der Waals surface area (Å²) in [6, 6.07) is 1.93. The van der Waals surface area contributed by atoms with Crippen LogP contribution in [0.5, 0.6) is 0 Å². The van der Waals surface area contributed by atoms with E-state index in [2.05, 4.69) is 11.4 Å². The Hall–Kier alpha value is -0.590. The van der Waals surface area contributed by atoms with Crippen LogP contribution in [0.3, 0.4) is 0 Å². The van der Waals surface area contributed by atoms with Crippen LogP contribution in [0.1, 0.15) is 13.8 Å². The molecular weight excluding hydrogens is 128 g/mol. The highest BCUT2D eigenvalue weighted by Crippen LogP contribution is 1.89. The molecule has 2 unspecified atom stereocenters. The number of hydrogen-bond acceptors (Lipinski definition) is 3. The summed E-state index contributed by atoms with van der Waals surface area (Å²) in [6.07, 6.45) is 0. The van der Waals surface area contributed by atoms with E-state index in [1.54, 1.807) is 6.92 Å². The maximum atomic E-state index is 8.60. The smallest absolute Gasteiger partial charge is 0.0924 e. The molecule has 0 aliphatic carbocycles. The van der Waals surface area contributed by atoms with Gasteiger partial charge in [0, 0.05) is 13.2 Å². The summed E-state index contributed by atoms with van der Waals surface area (Å²) in [4.78, 5) is 0.